The summed E-state index contributed by atoms with van der Waals surface area (Å²) in [5.74, 6) is 0.119. The molecule has 0 saturated heterocycles. The van der Waals surface area contributed by atoms with E-state index in [9.17, 15) is 4.79 Å². The van der Waals surface area contributed by atoms with E-state index in [0.717, 1.165) is 30.0 Å². The molecule has 0 fully saturated rings. The van der Waals surface area contributed by atoms with Crippen LogP contribution in [0, 0.1) is 0 Å². The third-order valence-corrected chi connectivity index (χ3v) is 4.81. The maximum atomic E-state index is 12.3. The van der Waals surface area contributed by atoms with E-state index in [-0.39, 0.29) is 5.78 Å². The maximum Gasteiger partial charge on any atom is 0.168 e. The number of halogens is 2. The number of fused-ring (bicyclic) bond motifs is 1. The first-order valence-corrected chi connectivity index (χ1v) is 8.07. The number of thiophene rings is 1. The van der Waals surface area contributed by atoms with Gasteiger partial charge in [-0.15, -0.1) is 11.3 Å². The number of hydrogen-bond donors (Lipinski definition) is 0. The van der Waals surface area contributed by atoms with Gasteiger partial charge in [0.15, 0.2) is 5.78 Å². The van der Waals surface area contributed by atoms with E-state index in [1.807, 2.05) is 48.5 Å². The zero-order valence-corrected chi connectivity index (χ0v) is 13.6. The van der Waals surface area contributed by atoms with Crippen molar-refractivity contribution in [1.29, 1.82) is 0 Å². The highest BCUT2D eigenvalue weighted by atomic mass is 79.9. The molecule has 0 spiro atoms. The molecule has 0 aliphatic heterocycles. The highest BCUT2D eigenvalue weighted by molar-refractivity contribution is 9.10. The number of carbonyl (C=O) groups is 1. The Labute approximate surface area is 134 Å². The van der Waals surface area contributed by atoms with Gasteiger partial charge < -0.3 is 0 Å². The first-order valence-electron chi connectivity index (χ1n) is 6.08. The van der Waals surface area contributed by atoms with Crippen LogP contribution < -0.4 is 0 Å². The fourth-order valence-corrected chi connectivity index (χ4v) is 3.56. The van der Waals surface area contributed by atoms with E-state index < -0.39 is 0 Å². The number of ketones is 1. The minimum Gasteiger partial charge on any atom is -0.294 e. The van der Waals surface area contributed by atoms with Crippen molar-refractivity contribution in [3.8, 4) is 0 Å². The van der Waals surface area contributed by atoms with Gasteiger partial charge in [0.2, 0.25) is 0 Å². The minimum atomic E-state index is 0.119. The summed E-state index contributed by atoms with van der Waals surface area (Å²) in [6.07, 6.45) is 0.402. The van der Waals surface area contributed by atoms with Crippen molar-refractivity contribution in [3.05, 3.63) is 67.8 Å². The second-order valence-electron chi connectivity index (χ2n) is 4.51. The quantitative estimate of drug-likeness (QED) is 0.541. The third kappa shape index (κ3) is 2.95. The van der Waals surface area contributed by atoms with Crippen LogP contribution in [0.15, 0.2) is 53.0 Å². The predicted octanol–water partition coefficient (Wildman–Crippen LogP) is 5.74. The molecule has 100 valence electrons. The molecule has 0 aliphatic carbocycles. The fourth-order valence-electron chi connectivity index (χ4n) is 2.10. The Morgan fingerprint density at radius 1 is 1.05 bits per heavy atom. The Morgan fingerprint density at radius 2 is 1.80 bits per heavy atom. The van der Waals surface area contributed by atoms with Crippen molar-refractivity contribution in [3.63, 3.8) is 0 Å². The first-order chi connectivity index (χ1) is 9.61. The molecular weight excluding hydrogens is 356 g/mol. The molecule has 4 heteroatoms. The van der Waals surface area contributed by atoms with Crippen molar-refractivity contribution in [2.45, 2.75) is 6.42 Å². The molecule has 0 atom stereocenters. The molecule has 1 nitrogen and oxygen atoms in total. The van der Waals surface area contributed by atoms with Gasteiger partial charge in [-0.25, -0.2) is 0 Å². The topological polar surface area (TPSA) is 17.1 Å². The molecule has 0 radical (unpaired) electrons. The number of hydrogen-bond acceptors (Lipinski definition) is 2. The van der Waals surface area contributed by atoms with Crippen LogP contribution in [0.3, 0.4) is 0 Å². The summed E-state index contributed by atoms with van der Waals surface area (Å²) in [7, 11) is 0. The average Bonchev–Trinajstić information content (AvgIpc) is 2.83. The minimum absolute atomic E-state index is 0.119. The van der Waals surface area contributed by atoms with Gasteiger partial charge in [0.05, 0.1) is 4.34 Å². The lowest BCUT2D eigenvalue weighted by Crippen LogP contribution is -2.01. The van der Waals surface area contributed by atoms with Crippen LogP contribution >= 0.6 is 38.9 Å². The Balaban J connectivity index is 1.89. The predicted molar refractivity (Wildman–Crippen MR) is 89.0 cm³/mol. The third-order valence-electron chi connectivity index (χ3n) is 3.09. The van der Waals surface area contributed by atoms with Gasteiger partial charge in [-0.3, -0.25) is 4.79 Å². The van der Waals surface area contributed by atoms with Crippen molar-refractivity contribution in [1.82, 2.24) is 0 Å². The van der Waals surface area contributed by atoms with Gasteiger partial charge in [-0.05, 0) is 41.1 Å². The SMILES string of the molecule is O=C(Cc1ccc(Cl)s1)c1ccc2cc(Br)ccc2c1. The Hall–Kier alpha value is -1.16. The second kappa shape index (κ2) is 5.68. The van der Waals surface area contributed by atoms with Crippen LogP contribution in [0.4, 0.5) is 0 Å². The molecule has 3 rings (SSSR count). The zero-order valence-electron chi connectivity index (χ0n) is 10.4. The van der Waals surface area contributed by atoms with Crippen LogP contribution in [0.5, 0.6) is 0 Å². The monoisotopic (exact) mass is 364 g/mol. The smallest absolute Gasteiger partial charge is 0.168 e. The van der Waals surface area contributed by atoms with E-state index in [2.05, 4.69) is 15.9 Å². The van der Waals surface area contributed by atoms with Crippen molar-refractivity contribution in [2.75, 3.05) is 0 Å². The normalized spacial score (nSPS) is 10.9. The number of rotatable bonds is 3. The van der Waals surface area contributed by atoms with Crippen LogP contribution in [-0.4, -0.2) is 5.78 Å². The Morgan fingerprint density at radius 3 is 2.55 bits per heavy atom. The van der Waals surface area contributed by atoms with Crippen LogP contribution in [0.2, 0.25) is 4.34 Å². The summed E-state index contributed by atoms with van der Waals surface area (Å²) in [4.78, 5) is 13.3. The lowest BCUT2D eigenvalue weighted by atomic mass is 10.0. The molecule has 3 aromatic rings. The van der Waals surface area contributed by atoms with Gasteiger partial charge in [0, 0.05) is 21.3 Å². The summed E-state index contributed by atoms with van der Waals surface area (Å²) in [6.45, 7) is 0. The van der Waals surface area contributed by atoms with Crippen LogP contribution in [-0.2, 0) is 6.42 Å². The highest BCUT2D eigenvalue weighted by Gasteiger charge is 2.09. The molecule has 0 amide bonds. The molecule has 0 bridgehead atoms. The first kappa shape index (κ1) is 13.8. The van der Waals surface area contributed by atoms with Crippen LogP contribution in [0.1, 0.15) is 15.2 Å². The molecule has 0 saturated carbocycles. The number of Topliss-reactive ketones (excluding diaryl/α,β-unsaturated/α-hetero) is 1. The van der Waals surface area contributed by atoms with E-state index in [4.69, 9.17) is 11.6 Å². The largest absolute Gasteiger partial charge is 0.294 e. The van der Waals surface area contributed by atoms with Gasteiger partial charge in [-0.2, -0.15) is 0 Å². The summed E-state index contributed by atoms with van der Waals surface area (Å²) >= 11 is 10.8. The van der Waals surface area contributed by atoms with E-state index >= 15 is 0 Å². The average molecular weight is 366 g/mol. The Bertz CT molecular complexity index is 794. The summed E-state index contributed by atoms with van der Waals surface area (Å²) in [5, 5.41) is 2.19. The van der Waals surface area contributed by atoms with E-state index in [1.165, 1.54) is 11.3 Å². The van der Waals surface area contributed by atoms with Gasteiger partial charge in [0.25, 0.3) is 0 Å². The van der Waals surface area contributed by atoms with Gasteiger partial charge >= 0.3 is 0 Å². The highest BCUT2D eigenvalue weighted by Crippen LogP contribution is 2.24. The number of carbonyl (C=O) groups excluding carboxylic acids is 1. The summed E-state index contributed by atoms with van der Waals surface area (Å²) in [6, 6.07) is 15.6. The second-order valence-corrected chi connectivity index (χ2v) is 7.23. The van der Waals surface area contributed by atoms with Crippen molar-refractivity contribution in [2.24, 2.45) is 0 Å². The fraction of sp³-hybridized carbons (Fsp3) is 0.0625. The summed E-state index contributed by atoms with van der Waals surface area (Å²) < 4.78 is 1.76. The molecule has 20 heavy (non-hydrogen) atoms. The molecule has 0 unspecified atom stereocenters. The van der Waals surface area contributed by atoms with Gasteiger partial charge in [-0.1, -0.05) is 45.7 Å². The molecule has 1 aromatic heterocycles. The van der Waals surface area contributed by atoms with Gasteiger partial charge in [0.1, 0.15) is 0 Å². The molecule has 1 heterocycles. The zero-order chi connectivity index (χ0) is 14.1. The molecule has 0 N–H and O–H groups in total. The van der Waals surface area contributed by atoms with E-state index in [0.29, 0.717) is 6.42 Å². The lowest BCUT2D eigenvalue weighted by Gasteiger charge is -2.03. The van der Waals surface area contributed by atoms with E-state index in [1.54, 1.807) is 0 Å². The molecule has 2 aromatic carbocycles. The lowest BCUT2D eigenvalue weighted by molar-refractivity contribution is 0.0994. The standard InChI is InChI=1S/C16H10BrClOS/c17-13-4-3-10-7-12(2-1-11(10)8-13)15(19)9-14-5-6-16(18)20-14/h1-8H,9H2. The Kier molecular flexibility index (Phi) is 3.92. The van der Waals surface area contributed by atoms with Crippen molar-refractivity contribution >= 4 is 55.4 Å². The molecule has 0 aliphatic rings. The summed E-state index contributed by atoms with van der Waals surface area (Å²) in [5.41, 5.74) is 0.740. The number of benzene rings is 2. The van der Waals surface area contributed by atoms with Crippen molar-refractivity contribution < 1.29 is 4.79 Å². The van der Waals surface area contributed by atoms with Crippen LogP contribution in [0.25, 0.3) is 10.8 Å². The molecular formula is C16H10BrClOS. The maximum absolute atomic E-state index is 12.3.